The Bertz CT molecular complexity index is 384. The Morgan fingerprint density at radius 2 is 2.12 bits per heavy atom. The van der Waals surface area contributed by atoms with Gasteiger partial charge in [-0.25, -0.2) is 4.98 Å². The Morgan fingerprint density at radius 3 is 2.56 bits per heavy atom. The molecule has 0 amide bonds. The van der Waals surface area contributed by atoms with E-state index >= 15 is 0 Å². The molecule has 16 heavy (non-hydrogen) atoms. The largest absolute Gasteiger partial charge is 0.573 e. The van der Waals surface area contributed by atoms with Crippen LogP contribution in [0.3, 0.4) is 0 Å². The third-order valence-corrected chi connectivity index (χ3v) is 2.71. The lowest BCUT2D eigenvalue weighted by molar-refractivity contribution is -0.275. The van der Waals surface area contributed by atoms with Gasteiger partial charge in [-0.1, -0.05) is 0 Å². The number of hydrogen-bond acceptors (Lipinski definition) is 4. The molecule has 8 heteroatoms. The van der Waals surface area contributed by atoms with E-state index in [0.717, 1.165) is 6.07 Å². The second-order valence-corrected chi connectivity index (χ2v) is 3.71. The highest BCUT2D eigenvalue weighted by molar-refractivity contribution is 14.1. The van der Waals surface area contributed by atoms with Gasteiger partial charge in [0, 0.05) is 6.07 Å². The van der Waals surface area contributed by atoms with Crippen LogP contribution in [-0.2, 0) is 6.61 Å². The average molecular weight is 349 g/mol. The van der Waals surface area contributed by atoms with Crippen LogP contribution < -0.4 is 9.47 Å². The molecule has 0 saturated carbocycles. The first kappa shape index (κ1) is 13.3. The van der Waals surface area contributed by atoms with E-state index < -0.39 is 18.7 Å². The Kier molecular flexibility index (Phi) is 4.19. The second-order valence-electron chi connectivity index (χ2n) is 2.63. The van der Waals surface area contributed by atoms with Crippen LogP contribution in [-0.4, -0.2) is 23.6 Å². The maximum absolute atomic E-state index is 12.0. The standard InChI is InChI=1S/C8H7F3INO3/c1-15-6-2-5(16-8(9,10)11)7(12)4(3-14)13-6/h2,14H,3H2,1H3. The van der Waals surface area contributed by atoms with E-state index in [0.29, 0.717) is 0 Å². The maximum atomic E-state index is 12.0. The van der Waals surface area contributed by atoms with Gasteiger partial charge in [0.05, 0.1) is 23.0 Å². The highest BCUT2D eigenvalue weighted by atomic mass is 127. The van der Waals surface area contributed by atoms with E-state index in [-0.39, 0.29) is 15.1 Å². The molecule has 0 bridgehead atoms. The fraction of sp³-hybridized carbons (Fsp3) is 0.375. The minimum absolute atomic E-state index is 0.0521. The van der Waals surface area contributed by atoms with E-state index in [2.05, 4.69) is 9.72 Å². The van der Waals surface area contributed by atoms with Crippen molar-refractivity contribution in [1.82, 2.24) is 4.98 Å². The zero-order valence-corrected chi connectivity index (χ0v) is 10.2. The summed E-state index contributed by atoms with van der Waals surface area (Å²) in [5.74, 6) is -0.493. The summed E-state index contributed by atoms with van der Waals surface area (Å²) < 4.78 is 44.7. The minimum atomic E-state index is -4.79. The van der Waals surface area contributed by atoms with Crippen LogP contribution in [0.25, 0.3) is 0 Å². The molecule has 0 unspecified atom stereocenters. The van der Waals surface area contributed by atoms with Gasteiger partial charge in [0.25, 0.3) is 0 Å². The van der Waals surface area contributed by atoms with Gasteiger partial charge in [0.15, 0.2) is 0 Å². The summed E-state index contributed by atoms with van der Waals surface area (Å²) in [5, 5.41) is 8.90. The summed E-state index contributed by atoms with van der Waals surface area (Å²) in [5.41, 5.74) is 0.0687. The predicted octanol–water partition coefficient (Wildman–Crippen LogP) is 2.09. The van der Waals surface area contributed by atoms with Crippen LogP contribution in [0.15, 0.2) is 6.07 Å². The monoisotopic (exact) mass is 349 g/mol. The Hall–Kier alpha value is -0.770. The molecule has 0 spiro atoms. The van der Waals surface area contributed by atoms with Crippen molar-refractivity contribution in [2.24, 2.45) is 0 Å². The summed E-state index contributed by atoms with van der Waals surface area (Å²) in [6, 6.07) is 1.01. The fourth-order valence-corrected chi connectivity index (χ4v) is 1.50. The van der Waals surface area contributed by atoms with Gasteiger partial charge in [-0.2, -0.15) is 0 Å². The smallest absolute Gasteiger partial charge is 0.481 e. The molecular weight excluding hydrogens is 342 g/mol. The van der Waals surface area contributed by atoms with Gasteiger partial charge in [-0.3, -0.25) is 0 Å². The lowest BCUT2D eigenvalue weighted by Crippen LogP contribution is -2.18. The summed E-state index contributed by atoms with van der Waals surface area (Å²) in [6.07, 6.45) is -4.79. The Morgan fingerprint density at radius 1 is 1.50 bits per heavy atom. The third-order valence-electron chi connectivity index (χ3n) is 1.55. The molecular formula is C8H7F3INO3. The molecule has 4 nitrogen and oxygen atoms in total. The maximum Gasteiger partial charge on any atom is 0.573 e. The van der Waals surface area contributed by atoms with Crippen molar-refractivity contribution in [3.63, 3.8) is 0 Å². The zero-order chi connectivity index (χ0) is 12.3. The normalized spacial score (nSPS) is 11.4. The number of pyridine rings is 1. The van der Waals surface area contributed by atoms with Gasteiger partial charge in [-0.05, 0) is 22.6 Å². The van der Waals surface area contributed by atoms with E-state index in [9.17, 15) is 13.2 Å². The van der Waals surface area contributed by atoms with Gasteiger partial charge in [0.2, 0.25) is 5.88 Å². The molecule has 0 aromatic carbocycles. The number of methoxy groups -OCH3 is 1. The number of aromatic nitrogens is 1. The van der Waals surface area contributed by atoms with Crippen LogP contribution in [0.5, 0.6) is 11.6 Å². The van der Waals surface area contributed by atoms with E-state index in [1.165, 1.54) is 7.11 Å². The molecule has 1 aromatic heterocycles. The molecule has 0 radical (unpaired) electrons. The molecule has 0 atom stereocenters. The molecule has 0 saturated heterocycles. The van der Waals surface area contributed by atoms with Crippen molar-refractivity contribution < 1.29 is 27.8 Å². The first-order valence-electron chi connectivity index (χ1n) is 3.97. The molecule has 1 rings (SSSR count). The topological polar surface area (TPSA) is 51.6 Å². The lowest BCUT2D eigenvalue weighted by Gasteiger charge is -2.13. The van der Waals surface area contributed by atoms with Gasteiger partial charge < -0.3 is 14.6 Å². The van der Waals surface area contributed by atoms with Crippen molar-refractivity contribution in [3.05, 3.63) is 15.3 Å². The van der Waals surface area contributed by atoms with Crippen molar-refractivity contribution in [3.8, 4) is 11.6 Å². The van der Waals surface area contributed by atoms with Crippen LogP contribution in [0.4, 0.5) is 13.2 Å². The van der Waals surface area contributed by atoms with Crippen molar-refractivity contribution >= 4 is 22.6 Å². The zero-order valence-electron chi connectivity index (χ0n) is 8.01. The predicted molar refractivity (Wildman–Crippen MR) is 56.1 cm³/mol. The van der Waals surface area contributed by atoms with Gasteiger partial charge in [0.1, 0.15) is 5.75 Å². The summed E-state index contributed by atoms with van der Waals surface area (Å²) >= 11 is 1.61. The molecule has 0 aliphatic rings. The first-order chi connectivity index (χ1) is 7.37. The van der Waals surface area contributed by atoms with Crippen LogP contribution in [0.1, 0.15) is 5.69 Å². The van der Waals surface area contributed by atoms with Crippen molar-refractivity contribution in [1.29, 1.82) is 0 Å². The molecule has 0 aliphatic heterocycles. The second kappa shape index (κ2) is 5.04. The van der Waals surface area contributed by atoms with Crippen molar-refractivity contribution in [2.45, 2.75) is 13.0 Å². The average Bonchev–Trinajstić information content (AvgIpc) is 2.19. The number of halogens is 4. The van der Waals surface area contributed by atoms with Crippen molar-refractivity contribution in [2.75, 3.05) is 7.11 Å². The number of ether oxygens (including phenoxy) is 2. The molecule has 90 valence electrons. The van der Waals surface area contributed by atoms with E-state index in [1.54, 1.807) is 22.6 Å². The molecule has 1 N–H and O–H groups in total. The number of hydrogen-bond donors (Lipinski definition) is 1. The van der Waals surface area contributed by atoms with E-state index in [1.807, 2.05) is 0 Å². The number of aliphatic hydroxyl groups is 1. The SMILES string of the molecule is COc1cc(OC(F)(F)F)c(I)c(CO)n1. The minimum Gasteiger partial charge on any atom is -0.481 e. The van der Waals surface area contributed by atoms with E-state index in [4.69, 9.17) is 9.84 Å². The summed E-state index contributed by atoms with van der Waals surface area (Å²) in [7, 11) is 1.26. The number of nitrogens with zero attached hydrogens (tertiary/aromatic N) is 1. The van der Waals surface area contributed by atoms with Crippen LogP contribution in [0.2, 0.25) is 0 Å². The quantitative estimate of drug-likeness (QED) is 0.850. The first-order valence-corrected chi connectivity index (χ1v) is 5.05. The summed E-state index contributed by atoms with van der Waals surface area (Å²) in [6.45, 7) is -0.496. The van der Waals surface area contributed by atoms with Crippen LogP contribution in [0, 0.1) is 3.57 Å². The highest BCUT2D eigenvalue weighted by Gasteiger charge is 2.32. The number of alkyl halides is 3. The third kappa shape index (κ3) is 3.37. The van der Waals surface area contributed by atoms with Gasteiger partial charge in [-0.15, -0.1) is 13.2 Å². The Balaban J connectivity index is 3.16. The summed E-state index contributed by atoms with van der Waals surface area (Å²) in [4.78, 5) is 3.77. The lowest BCUT2D eigenvalue weighted by atomic mass is 10.3. The number of rotatable bonds is 3. The van der Waals surface area contributed by atoms with Crippen LogP contribution >= 0.6 is 22.6 Å². The number of aliphatic hydroxyl groups excluding tert-OH is 1. The van der Waals surface area contributed by atoms with Gasteiger partial charge >= 0.3 is 6.36 Å². The Labute approximate surface area is 103 Å². The molecule has 1 heterocycles. The fourth-order valence-electron chi connectivity index (χ4n) is 0.940. The highest BCUT2D eigenvalue weighted by Crippen LogP contribution is 2.31. The molecule has 0 fully saturated rings. The molecule has 1 aromatic rings. The molecule has 0 aliphatic carbocycles.